The Labute approximate surface area is 124 Å². The molecule has 0 aliphatic heterocycles. The molecule has 0 atom stereocenters. The van der Waals surface area contributed by atoms with Crippen LogP contribution in [0.4, 0.5) is 0 Å². The lowest BCUT2D eigenvalue weighted by atomic mass is 10.3. The molecule has 0 saturated heterocycles. The molecule has 1 aromatic heterocycles. The molecule has 1 amide bonds. The summed E-state index contributed by atoms with van der Waals surface area (Å²) in [6.07, 6.45) is 0.785. The first-order chi connectivity index (χ1) is 9.25. The van der Waals surface area contributed by atoms with Gasteiger partial charge in [0, 0.05) is 6.54 Å². The number of halogens is 1. The Bertz CT molecular complexity index is 527. The fourth-order valence-corrected chi connectivity index (χ4v) is 2.81. The summed E-state index contributed by atoms with van der Waals surface area (Å²) in [5.41, 5.74) is 0. The molecule has 1 aromatic carbocycles. The van der Waals surface area contributed by atoms with Crippen LogP contribution in [0.25, 0.3) is 0 Å². The molecule has 0 aliphatic rings. The Balaban J connectivity index is 1.63. The van der Waals surface area contributed by atoms with E-state index in [1.54, 1.807) is 0 Å². The van der Waals surface area contributed by atoms with E-state index < -0.39 is 0 Å². The summed E-state index contributed by atoms with van der Waals surface area (Å²) in [6, 6.07) is 13.3. The number of thiophene rings is 1. The van der Waals surface area contributed by atoms with E-state index in [0.29, 0.717) is 13.2 Å². The van der Waals surface area contributed by atoms with Gasteiger partial charge >= 0.3 is 0 Å². The Morgan fingerprint density at radius 3 is 2.68 bits per heavy atom. The van der Waals surface area contributed by atoms with Gasteiger partial charge in [-0.25, -0.2) is 0 Å². The summed E-state index contributed by atoms with van der Waals surface area (Å²) in [5, 5.41) is 2.87. The summed E-state index contributed by atoms with van der Waals surface area (Å²) in [6.45, 7) is 1.21. The van der Waals surface area contributed by atoms with Crippen LogP contribution in [0, 0.1) is 0 Å². The van der Waals surface area contributed by atoms with Gasteiger partial charge in [-0.2, -0.15) is 0 Å². The van der Waals surface area contributed by atoms with E-state index in [1.165, 1.54) is 11.3 Å². The number of amides is 1. The van der Waals surface area contributed by atoms with E-state index in [2.05, 4.69) is 21.2 Å². The smallest absolute Gasteiger partial charge is 0.261 e. The van der Waals surface area contributed by atoms with E-state index >= 15 is 0 Å². The van der Waals surface area contributed by atoms with Gasteiger partial charge < -0.3 is 10.1 Å². The van der Waals surface area contributed by atoms with E-state index in [9.17, 15) is 4.79 Å². The van der Waals surface area contributed by atoms with E-state index in [0.717, 1.165) is 20.8 Å². The molecule has 100 valence electrons. The summed E-state index contributed by atoms with van der Waals surface area (Å²) >= 11 is 4.77. The van der Waals surface area contributed by atoms with Crippen molar-refractivity contribution in [2.75, 3.05) is 13.2 Å². The number of carbonyl (C=O) groups excluding carboxylic acids is 1. The minimum atomic E-state index is -0.0320. The minimum Gasteiger partial charge on any atom is -0.494 e. The summed E-state index contributed by atoms with van der Waals surface area (Å²) in [5.74, 6) is 0.825. The first-order valence-electron chi connectivity index (χ1n) is 5.97. The fourth-order valence-electron chi connectivity index (χ4n) is 1.50. The summed E-state index contributed by atoms with van der Waals surface area (Å²) < 4.78 is 6.50. The Morgan fingerprint density at radius 1 is 1.21 bits per heavy atom. The highest BCUT2D eigenvalue weighted by Crippen LogP contribution is 2.21. The van der Waals surface area contributed by atoms with Gasteiger partial charge in [-0.05, 0) is 46.6 Å². The third-order valence-electron chi connectivity index (χ3n) is 2.42. The standard InChI is InChI=1S/C14H14BrNO2S/c15-13-8-7-12(19-13)14(17)16-9-4-10-18-11-5-2-1-3-6-11/h1-3,5-8H,4,9-10H2,(H,16,17). The van der Waals surface area contributed by atoms with Gasteiger partial charge in [-0.3, -0.25) is 4.79 Å². The van der Waals surface area contributed by atoms with Gasteiger partial charge in [0.05, 0.1) is 15.3 Å². The molecule has 1 heterocycles. The summed E-state index contributed by atoms with van der Waals surface area (Å²) in [4.78, 5) is 12.4. The maximum atomic E-state index is 11.7. The normalized spacial score (nSPS) is 10.2. The number of nitrogens with one attached hydrogen (secondary N) is 1. The predicted octanol–water partition coefficient (Wildman–Crippen LogP) is 3.71. The van der Waals surface area contributed by atoms with E-state index in [1.807, 2.05) is 42.5 Å². The second-order valence-corrected chi connectivity index (χ2v) is 6.34. The second kappa shape index (κ2) is 7.31. The monoisotopic (exact) mass is 339 g/mol. The van der Waals surface area contributed by atoms with Crippen LogP contribution >= 0.6 is 27.3 Å². The van der Waals surface area contributed by atoms with Gasteiger partial charge in [-0.15, -0.1) is 11.3 Å². The highest BCUT2D eigenvalue weighted by molar-refractivity contribution is 9.11. The molecule has 0 spiro atoms. The van der Waals surface area contributed by atoms with Crippen molar-refractivity contribution < 1.29 is 9.53 Å². The van der Waals surface area contributed by atoms with Crippen LogP contribution in [0.2, 0.25) is 0 Å². The van der Waals surface area contributed by atoms with Crippen LogP contribution in [0.1, 0.15) is 16.1 Å². The minimum absolute atomic E-state index is 0.0320. The topological polar surface area (TPSA) is 38.3 Å². The van der Waals surface area contributed by atoms with Crippen molar-refractivity contribution >= 4 is 33.2 Å². The van der Waals surface area contributed by atoms with Crippen LogP contribution in [0.3, 0.4) is 0 Å². The molecular weight excluding hydrogens is 326 g/mol. The summed E-state index contributed by atoms with van der Waals surface area (Å²) in [7, 11) is 0. The lowest BCUT2D eigenvalue weighted by molar-refractivity contribution is 0.0955. The van der Waals surface area contributed by atoms with E-state index in [4.69, 9.17) is 4.74 Å². The molecule has 0 bridgehead atoms. The quantitative estimate of drug-likeness (QED) is 0.814. The molecule has 5 heteroatoms. The highest BCUT2D eigenvalue weighted by atomic mass is 79.9. The molecule has 3 nitrogen and oxygen atoms in total. The number of carbonyl (C=O) groups is 1. The molecule has 0 unspecified atom stereocenters. The molecule has 1 N–H and O–H groups in total. The highest BCUT2D eigenvalue weighted by Gasteiger charge is 2.07. The molecule has 19 heavy (non-hydrogen) atoms. The lowest BCUT2D eigenvalue weighted by Crippen LogP contribution is -2.24. The number of para-hydroxylation sites is 1. The van der Waals surface area contributed by atoms with E-state index in [-0.39, 0.29) is 5.91 Å². The van der Waals surface area contributed by atoms with Gasteiger partial charge in [0.15, 0.2) is 0 Å². The first-order valence-corrected chi connectivity index (χ1v) is 7.58. The van der Waals surface area contributed by atoms with Crippen LogP contribution in [-0.4, -0.2) is 19.1 Å². The van der Waals surface area contributed by atoms with Crippen LogP contribution in [0.15, 0.2) is 46.3 Å². The van der Waals surface area contributed by atoms with Crippen molar-refractivity contribution in [3.05, 3.63) is 51.1 Å². The molecule has 0 fully saturated rings. The van der Waals surface area contributed by atoms with Crippen LogP contribution in [-0.2, 0) is 0 Å². The van der Waals surface area contributed by atoms with Crippen molar-refractivity contribution in [3.63, 3.8) is 0 Å². The third kappa shape index (κ3) is 4.69. The lowest BCUT2D eigenvalue weighted by Gasteiger charge is -2.06. The first kappa shape index (κ1) is 14.1. The average molecular weight is 340 g/mol. The van der Waals surface area contributed by atoms with Crippen molar-refractivity contribution in [1.82, 2.24) is 5.32 Å². The molecule has 2 rings (SSSR count). The van der Waals surface area contributed by atoms with Gasteiger partial charge in [0.25, 0.3) is 5.91 Å². The fraction of sp³-hybridized carbons (Fsp3) is 0.214. The SMILES string of the molecule is O=C(NCCCOc1ccccc1)c1ccc(Br)s1. The molecule has 2 aromatic rings. The Kier molecular flexibility index (Phi) is 5.42. The molecule has 0 aliphatic carbocycles. The Hall–Kier alpha value is -1.33. The van der Waals surface area contributed by atoms with Gasteiger partial charge in [0.2, 0.25) is 0 Å². The third-order valence-corrected chi connectivity index (χ3v) is 4.04. The second-order valence-electron chi connectivity index (χ2n) is 3.87. The zero-order chi connectivity index (χ0) is 13.5. The zero-order valence-corrected chi connectivity index (χ0v) is 12.7. The number of hydrogen-bond acceptors (Lipinski definition) is 3. The Morgan fingerprint density at radius 2 is 2.00 bits per heavy atom. The number of rotatable bonds is 6. The van der Waals surface area contributed by atoms with Crippen molar-refractivity contribution in [2.24, 2.45) is 0 Å². The van der Waals surface area contributed by atoms with Crippen LogP contribution < -0.4 is 10.1 Å². The van der Waals surface area contributed by atoms with Crippen LogP contribution in [0.5, 0.6) is 5.75 Å². The van der Waals surface area contributed by atoms with Gasteiger partial charge in [0.1, 0.15) is 5.75 Å². The number of ether oxygens (including phenoxy) is 1. The maximum absolute atomic E-state index is 11.7. The van der Waals surface area contributed by atoms with Gasteiger partial charge in [-0.1, -0.05) is 18.2 Å². The largest absolute Gasteiger partial charge is 0.494 e. The van der Waals surface area contributed by atoms with Crippen molar-refractivity contribution in [3.8, 4) is 5.75 Å². The van der Waals surface area contributed by atoms with Crippen molar-refractivity contribution in [2.45, 2.75) is 6.42 Å². The molecular formula is C14H14BrNO2S. The zero-order valence-electron chi connectivity index (χ0n) is 10.3. The van der Waals surface area contributed by atoms with Crippen molar-refractivity contribution in [1.29, 1.82) is 0 Å². The predicted molar refractivity (Wildman–Crippen MR) is 80.9 cm³/mol. The molecule has 0 saturated carbocycles. The number of hydrogen-bond donors (Lipinski definition) is 1. The number of benzene rings is 1. The maximum Gasteiger partial charge on any atom is 0.261 e. The molecule has 0 radical (unpaired) electrons. The average Bonchev–Trinajstić information content (AvgIpc) is 2.86.